The lowest BCUT2D eigenvalue weighted by Gasteiger charge is -2.32. The molecule has 2 aromatic rings. The molecule has 1 saturated heterocycles. The van der Waals surface area contributed by atoms with Crippen LogP contribution in [-0.2, 0) is 11.2 Å². The Morgan fingerprint density at radius 3 is 2.71 bits per heavy atom. The first-order valence-electron chi connectivity index (χ1n) is 8.46. The van der Waals surface area contributed by atoms with Gasteiger partial charge >= 0.3 is 0 Å². The number of carbonyl (C=O) groups is 1. The van der Waals surface area contributed by atoms with Gasteiger partial charge in [-0.1, -0.05) is 12.1 Å². The van der Waals surface area contributed by atoms with Crippen LogP contribution in [0.1, 0.15) is 18.7 Å². The monoisotopic (exact) mass is 328 g/mol. The number of likely N-dealkylation sites (tertiary alicyclic amines) is 1. The highest BCUT2D eigenvalue weighted by Gasteiger charge is 2.25. The number of carbonyl (C=O) groups excluding carboxylic acids is 1. The Bertz CT molecular complexity index is 776. The molecule has 1 aliphatic rings. The van der Waals surface area contributed by atoms with E-state index in [0.717, 1.165) is 43.8 Å². The summed E-state index contributed by atoms with van der Waals surface area (Å²) >= 11 is 0. The molecule has 1 aromatic heterocycles. The van der Waals surface area contributed by atoms with E-state index >= 15 is 0 Å². The maximum absolute atomic E-state index is 12.1. The van der Waals surface area contributed by atoms with E-state index in [0.29, 0.717) is 11.8 Å². The number of nitrogens with zero attached hydrogens (tertiary/aromatic N) is 3. The number of piperidine rings is 1. The second-order valence-corrected chi connectivity index (χ2v) is 6.63. The molecule has 0 spiro atoms. The van der Waals surface area contributed by atoms with Gasteiger partial charge in [0.2, 0.25) is 5.91 Å². The average molecular weight is 328 g/mol. The van der Waals surface area contributed by atoms with Crippen LogP contribution in [0.4, 0.5) is 0 Å². The number of fused-ring (bicyclic) bond motifs is 1. The number of benzene rings is 1. The van der Waals surface area contributed by atoms with Crippen molar-refractivity contribution in [3.8, 4) is 0 Å². The van der Waals surface area contributed by atoms with Crippen molar-refractivity contribution in [3.63, 3.8) is 0 Å². The molecule has 1 aliphatic heterocycles. The first kappa shape index (κ1) is 16.6. The zero-order valence-corrected chi connectivity index (χ0v) is 14.3. The minimum atomic E-state index is -0.0779. The number of rotatable bonds is 4. The minimum absolute atomic E-state index is 0.0779. The molecule has 0 unspecified atom stereocenters. The van der Waals surface area contributed by atoms with E-state index in [1.165, 1.54) is 0 Å². The van der Waals surface area contributed by atoms with Crippen molar-refractivity contribution in [2.24, 2.45) is 5.92 Å². The molecule has 0 saturated carbocycles. The van der Waals surface area contributed by atoms with Crippen molar-refractivity contribution in [3.05, 3.63) is 40.4 Å². The molecule has 0 atom stereocenters. The second-order valence-electron chi connectivity index (χ2n) is 6.63. The summed E-state index contributed by atoms with van der Waals surface area (Å²) in [5.74, 6) is 1.11. The molecule has 24 heavy (non-hydrogen) atoms. The van der Waals surface area contributed by atoms with Crippen molar-refractivity contribution >= 4 is 16.8 Å². The second kappa shape index (κ2) is 7.13. The van der Waals surface area contributed by atoms with Crippen LogP contribution in [0, 0.1) is 5.92 Å². The molecular formula is C18H24N4O2. The van der Waals surface area contributed by atoms with Crippen LogP contribution in [0.3, 0.4) is 0 Å². The summed E-state index contributed by atoms with van der Waals surface area (Å²) < 4.78 is 0. The Kier molecular flexibility index (Phi) is 4.94. The van der Waals surface area contributed by atoms with Gasteiger partial charge in [-0.05, 0) is 38.1 Å². The lowest BCUT2D eigenvalue weighted by atomic mass is 9.95. The van der Waals surface area contributed by atoms with Gasteiger partial charge in [-0.15, -0.1) is 0 Å². The molecule has 1 fully saturated rings. The summed E-state index contributed by atoms with van der Waals surface area (Å²) in [6.07, 6.45) is 2.52. The van der Waals surface area contributed by atoms with Crippen molar-refractivity contribution in [1.82, 2.24) is 19.8 Å². The van der Waals surface area contributed by atoms with Crippen LogP contribution in [0.25, 0.3) is 10.9 Å². The summed E-state index contributed by atoms with van der Waals surface area (Å²) in [4.78, 5) is 35.5. The fraction of sp³-hybridized carbons (Fsp3) is 0.500. The van der Waals surface area contributed by atoms with E-state index in [4.69, 9.17) is 0 Å². The predicted molar refractivity (Wildman–Crippen MR) is 93.9 cm³/mol. The van der Waals surface area contributed by atoms with Crippen molar-refractivity contribution in [2.45, 2.75) is 19.3 Å². The van der Waals surface area contributed by atoms with Crippen molar-refractivity contribution in [1.29, 1.82) is 0 Å². The Hall–Kier alpha value is -2.21. The highest BCUT2D eigenvalue weighted by Crippen LogP contribution is 2.19. The number of H-pyrrole nitrogens is 1. The molecule has 1 aromatic carbocycles. The molecule has 128 valence electrons. The van der Waals surface area contributed by atoms with E-state index in [1.54, 1.807) is 11.0 Å². The Balaban J connectivity index is 1.57. The fourth-order valence-electron chi connectivity index (χ4n) is 3.29. The van der Waals surface area contributed by atoms with Gasteiger partial charge in [-0.2, -0.15) is 0 Å². The summed E-state index contributed by atoms with van der Waals surface area (Å²) in [6, 6.07) is 7.40. The first-order chi connectivity index (χ1) is 11.5. The highest BCUT2D eigenvalue weighted by atomic mass is 16.2. The maximum atomic E-state index is 12.1. The number of hydrogen-bond donors (Lipinski definition) is 1. The van der Waals surface area contributed by atoms with E-state index in [9.17, 15) is 9.59 Å². The largest absolute Gasteiger partial charge is 0.349 e. The van der Waals surface area contributed by atoms with E-state index < -0.39 is 0 Å². The predicted octanol–water partition coefficient (Wildman–Crippen LogP) is 1.27. The lowest BCUT2D eigenvalue weighted by Crippen LogP contribution is -2.40. The fourth-order valence-corrected chi connectivity index (χ4v) is 3.29. The average Bonchev–Trinajstić information content (AvgIpc) is 2.60. The third-order valence-corrected chi connectivity index (χ3v) is 4.70. The topological polar surface area (TPSA) is 69.3 Å². The number of aromatic amines is 1. The molecule has 0 radical (unpaired) electrons. The van der Waals surface area contributed by atoms with Crippen molar-refractivity contribution < 1.29 is 4.79 Å². The van der Waals surface area contributed by atoms with Crippen LogP contribution in [0.5, 0.6) is 0 Å². The molecule has 0 aliphatic carbocycles. The van der Waals surface area contributed by atoms with Crippen LogP contribution in [0.15, 0.2) is 29.1 Å². The summed E-state index contributed by atoms with van der Waals surface area (Å²) in [7, 11) is 3.63. The lowest BCUT2D eigenvalue weighted by molar-refractivity contribution is -0.134. The van der Waals surface area contributed by atoms with Gasteiger partial charge in [0.15, 0.2) is 0 Å². The summed E-state index contributed by atoms with van der Waals surface area (Å²) in [5.41, 5.74) is 0.664. The molecule has 1 N–H and O–H groups in total. The first-order valence-corrected chi connectivity index (χ1v) is 8.46. The quantitative estimate of drug-likeness (QED) is 0.917. The minimum Gasteiger partial charge on any atom is -0.349 e. The van der Waals surface area contributed by atoms with Crippen LogP contribution < -0.4 is 5.56 Å². The summed E-state index contributed by atoms with van der Waals surface area (Å²) in [5, 5.41) is 0.629. The van der Waals surface area contributed by atoms with E-state index in [1.807, 2.05) is 32.3 Å². The zero-order chi connectivity index (χ0) is 17.1. The molecular weight excluding hydrogens is 304 g/mol. The molecule has 2 heterocycles. The summed E-state index contributed by atoms with van der Waals surface area (Å²) in [6.45, 7) is 2.69. The normalized spacial score (nSPS) is 16.4. The highest BCUT2D eigenvalue weighted by molar-refractivity contribution is 5.78. The zero-order valence-electron chi connectivity index (χ0n) is 14.3. The third kappa shape index (κ3) is 3.64. The van der Waals surface area contributed by atoms with Crippen LogP contribution in [-0.4, -0.2) is 59.4 Å². The van der Waals surface area contributed by atoms with E-state index in [-0.39, 0.29) is 17.4 Å². The third-order valence-electron chi connectivity index (χ3n) is 4.70. The molecule has 0 bridgehead atoms. The van der Waals surface area contributed by atoms with Crippen molar-refractivity contribution in [2.75, 3.05) is 33.7 Å². The van der Waals surface area contributed by atoms with Gasteiger partial charge in [0.05, 0.1) is 10.9 Å². The van der Waals surface area contributed by atoms with Gasteiger partial charge in [-0.25, -0.2) is 4.98 Å². The smallest absolute Gasteiger partial charge is 0.258 e. The Morgan fingerprint density at radius 2 is 2.00 bits per heavy atom. The van der Waals surface area contributed by atoms with Crippen LogP contribution in [0.2, 0.25) is 0 Å². The molecule has 1 amide bonds. The number of para-hydroxylation sites is 1. The Labute approximate surface area is 141 Å². The number of aromatic nitrogens is 2. The number of hydrogen-bond acceptors (Lipinski definition) is 4. The number of nitrogens with one attached hydrogen (secondary N) is 1. The van der Waals surface area contributed by atoms with E-state index in [2.05, 4.69) is 14.9 Å². The maximum Gasteiger partial charge on any atom is 0.258 e. The number of amides is 1. The van der Waals surface area contributed by atoms with Gasteiger partial charge in [0, 0.05) is 33.0 Å². The molecule has 3 rings (SSSR count). The standard InChI is InChI=1S/C18H24N4O2/c1-21(2)18(24)13-7-10-22(11-8-13)12-9-16-19-15-6-4-3-5-14(15)17(23)20-16/h3-6,13H,7-12H2,1-2H3,(H,19,20,23). The van der Waals surface area contributed by atoms with Crippen LogP contribution >= 0.6 is 0 Å². The molecule has 6 heteroatoms. The van der Waals surface area contributed by atoms with Gasteiger partial charge in [0.25, 0.3) is 5.56 Å². The van der Waals surface area contributed by atoms with Gasteiger partial charge in [-0.3, -0.25) is 9.59 Å². The SMILES string of the molecule is CN(C)C(=O)C1CCN(CCc2nc3ccccc3c(=O)[nH]2)CC1. The van der Waals surface area contributed by atoms with Gasteiger partial charge in [0.1, 0.15) is 5.82 Å². The Morgan fingerprint density at radius 1 is 1.29 bits per heavy atom. The molecule has 6 nitrogen and oxygen atoms in total. The van der Waals surface area contributed by atoms with Gasteiger partial charge < -0.3 is 14.8 Å².